The fraction of sp³-hybridized carbons (Fsp3) is 0.188. The Hall–Kier alpha value is -1.75. The number of rotatable bonds is 4. The Morgan fingerprint density at radius 3 is 2.62 bits per heavy atom. The highest BCUT2D eigenvalue weighted by molar-refractivity contribution is 9.10. The molecule has 1 amide bonds. The van der Waals surface area contributed by atoms with Crippen LogP contribution in [0.1, 0.15) is 24.1 Å². The van der Waals surface area contributed by atoms with Crippen LogP contribution in [0.5, 0.6) is 0 Å². The number of carbonyl (C=O) groups is 1. The van der Waals surface area contributed by atoms with Crippen molar-refractivity contribution in [1.82, 2.24) is 5.32 Å². The summed E-state index contributed by atoms with van der Waals surface area (Å²) in [7, 11) is 0. The van der Waals surface area contributed by atoms with Crippen molar-refractivity contribution in [2.75, 3.05) is 0 Å². The molecule has 0 heterocycles. The largest absolute Gasteiger partial charge is 0.349 e. The van der Waals surface area contributed by atoms with Crippen LogP contribution in [-0.2, 0) is 11.2 Å². The molecule has 1 N–H and O–H groups in total. The Labute approximate surface area is 130 Å². The molecule has 2 aromatic rings. The van der Waals surface area contributed by atoms with Gasteiger partial charge in [0.2, 0.25) is 5.91 Å². The van der Waals surface area contributed by atoms with Gasteiger partial charge in [-0.15, -0.1) is 0 Å². The van der Waals surface area contributed by atoms with Crippen molar-refractivity contribution in [2.24, 2.45) is 0 Å². The average Bonchev–Trinajstić information content (AvgIpc) is 2.43. The number of hydrogen-bond donors (Lipinski definition) is 1. The first-order chi connectivity index (χ1) is 9.95. The van der Waals surface area contributed by atoms with Crippen molar-refractivity contribution in [1.29, 1.82) is 0 Å². The van der Waals surface area contributed by atoms with E-state index in [1.165, 1.54) is 6.07 Å². The van der Waals surface area contributed by atoms with E-state index < -0.39 is 11.6 Å². The molecule has 1 atom stereocenters. The summed E-state index contributed by atoms with van der Waals surface area (Å²) in [5, 5.41) is 2.83. The van der Waals surface area contributed by atoms with Crippen LogP contribution in [0.2, 0.25) is 0 Å². The van der Waals surface area contributed by atoms with Gasteiger partial charge in [0.1, 0.15) is 0 Å². The van der Waals surface area contributed by atoms with Gasteiger partial charge in [-0.1, -0.05) is 34.1 Å². The summed E-state index contributed by atoms with van der Waals surface area (Å²) < 4.78 is 26.8. The molecule has 0 fully saturated rings. The van der Waals surface area contributed by atoms with E-state index >= 15 is 0 Å². The van der Waals surface area contributed by atoms with Gasteiger partial charge in [0.15, 0.2) is 11.6 Å². The number of hydrogen-bond acceptors (Lipinski definition) is 1. The summed E-state index contributed by atoms with van der Waals surface area (Å²) in [6.45, 7) is 1.87. The summed E-state index contributed by atoms with van der Waals surface area (Å²) in [4.78, 5) is 11.9. The highest BCUT2D eigenvalue weighted by Crippen LogP contribution is 2.18. The van der Waals surface area contributed by atoms with Gasteiger partial charge in [-0.25, -0.2) is 8.78 Å². The van der Waals surface area contributed by atoms with Crippen LogP contribution < -0.4 is 5.32 Å². The van der Waals surface area contributed by atoms with Crippen molar-refractivity contribution in [3.8, 4) is 0 Å². The number of benzene rings is 2. The Balaban J connectivity index is 1.99. The summed E-state index contributed by atoms with van der Waals surface area (Å²) in [6, 6.07) is 10.9. The average molecular weight is 354 g/mol. The molecule has 0 aromatic heterocycles. The second-order valence-corrected chi connectivity index (χ2v) is 5.69. The normalized spacial score (nSPS) is 12.0. The number of carbonyl (C=O) groups excluding carboxylic acids is 1. The summed E-state index contributed by atoms with van der Waals surface area (Å²) in [6.07, 6.45) is 0.00947. The minimum atomic E-state index is -0.944. The molecule has 0 radical (unpaired) electrons. The molecule has 2 aromatic carbocycles. The third kappa shape index (κ3) is 4.36. The van der Waals surface area contributed by atoms with E-state index in [2.05, 4.69) is 21.2 Å². The molecule has 2 nitrogen and oxygen atoms in total. The molecule has 0 spiro atoms. The van der Waals surface area contributed by atoms with Gasteiger partial charge in [-0.3, -0.25) is 4.79 Å². The second-order valence-electron chi connectivity index (χ2n) is 4.77. The molecule has 5 heteroatoms. The van der Waals surface area contributed by atoms with Gasteiger partial charge in [0, 0.05) is 4.47 Å². The van der Waals surface area contributed by atoms with E-state index in [-0.39, 0.29) is 18.4 Å². The van der Waals surface area contributed by atoms with Gasteiger partial charge in [0.25, 0.3) is 0 Å². The van der Waals surface area contributed by atoms with E-state index in [1.54, 1.807) is 0 Å². The molecule has 0 aliphatic rings. The van der Waals surface area contributed by atoms with Crippen LogP contribution in [0.3, 0.4) is 0 Å². The van der Waals surface area contributed by atoms with E-state index in [9.17, 15) is 13.6 Å². The highest BCUT2D eigenvalue weighted by atomic mass is 79.9. The zero-order valence-corrected chi connectivity index (χ0v) is 13.0. The van der Waals surface area contributed by atoms with Crippen molar-refractivity contribution in [2.45, 2.75) is 19.4 Å². The predicted octanol–water partition coefficient (Wildman–Crippen LogP) is 4.15. The molecule has 0 saturated carbocycles. The first kappa shape index (κ1) is 15.6. The quantitative estimate of drug-likeness (QED) is 0.878. The van der Waals surface area contributed by atoms with E-state index in [0.717, 1.165) is 22.2 Å². The Morgan fingerprint density at radius 2 is 1.95 bits per heavy atom. The van der Waals surface area contributed by atoms with Crippen LogP contribution >= 0.6 is 15.9 Å². The van der Waals surface area contributed by atoms with Crippen LogP contribution in [0.4, 0.5) is 8.78 Å². The molecule has 1 unspecified atom stereocenters. The number of nitrogens with one attached hydrogen (secondary N) is 1. The Morgan fingerprint density at radius 1 is 1.19 bits per heavy atom. The minimum Gasteiger partial charge on any atom is -0.349 e. The first-order valence-corrected chi connectivity index (χ1v) is 7.24. The van der Waals surface area contributed by atoms with E-state index in [4.69, 9.17) is 0 Å². The lowest BCUT2D eigenvalue weighted by molar-refractivity contribution is -0.121. The SMILES string of the molecule is CC(NC(=O)Cc1ccc(F)c(F)c1)c1cccc(Br)c1. The molecule has 0 aliphatic heterocycles. The highest BCUT2D eigenvalue weighted by Gasteiger charge is 2.11. The fourth-order valence-electron chi connectivity index (χ4n) is 1.99. The van der Waals surface area contributed by atoms with Gasteiger partial charge in [0.05, 0.1) is 12.5 Å². The van der Waals surface area contributed by atoms with Crippen molar-refractivity contribution in [3.63, 3.8) is 0 Å². The lowest BCUT2D eigenvalue weighted by Crippen LogP contribution is -2.28. The van der Waals surface area contributed by atoms with Crippen LogP contribution in [0.25, 0.3) is 0 Å². The number of amides is 1. The lowest BCUT2D eigenvalue weighted by atomic mass is 10.1. The van der Waals surface area contributed by atoms with E-state index in [0.29, 0.717) is 5.56 Å². The zero-order valence-electron chi connectivity index (χ0n) is 11.4. The lowest BCUT2D eigenvalue weighted by Gasteiger charge is -2.14. The maximum atomic E-state index is 13.1. The van der Waals surface area contributed by atoms with Crippen molar-refractivity contribution < 1.29 is 13.6 Å². The molecule has 21 heavy (non-hydrogen) atoms. The third-order valence-electron chi connectivity index (χ3n) is 3.07. The standard InChI is InChI=1S/C16H14BrF2NO/c1-10(12-3-2-4-13(17)9-12)20-16(21)8-11-5-6-14(18)15(19)7-11/h2-7,9-10H,8H2,1H3,(H,20,21). The summed E-state index contributed by atoms with van der Waals surface area (Å²) in [5.74, 6) is -2.10. The molecule has 2 rings (SSSR count). The van der Waals surface area contributed by atoms with Crippen molar-refractivity contribution >= 4 is 21.8 Å². The third-order valence-corrected chi connectivity index (χ3v) is 3.57. The smallest absolute Gasteiger partial charge is 0.224 e. The Bertz CT molecular complexity index is 660. The maximum Gasteiger partial charge on any atom is 0.224 e. The monoisotopic (exact) mass is 353 g/mol. The molecular weight excluding hydrogens is 340 g/mol. The molecule has 0 aliphatic carbocycles. The predicted molar refractivity (Wildman–Crippen MR) is 80.8 cm³/mol. The molecule has 0 saturated heterocycles. The van der Waals surface area contributed by atoms with Crippen LogP contribution in [0.15, 0.2) is 46.9 Å². The zero-order chi connectivity index (χ0) is 15.4. The second kappa shape index (κ2) is 6.80. The minimum absolute atomic E-state index is 0.00947. The molecular formula is C16H14BrF2NO. The van der Waals surface area contributed by atoms with Gasteiger partial charge in [-0.2, -0.15) is 0 Å². The van der Waals surface area contributed by atoms with Gasteiger partial charge in [-0.05, 0) is 42.3 Å². The summed E-state index contributed by atoms with van der Waals surface area (Å²) in [5.41, 5.74) is 1.40. The topological polar surface area (TPSA) is 29.1 Å². The van der Waals surface area contributed by atoms with Crippen LogP contribution in [-0.4, -0.2) is 5.91 Å². The van der Waals surface area contributed by atoms with Crippen molar-refractivity contribution in [3.05, 3.63) is 69.7 Å². The number of halogens is 3. The maximum absolute atomic E-state index is 13.1. The summed E-state index contributed by atoms with van der Waals surface area (Å²) >= 11 is 3.38. The fourth-order valence-corrected chi connectivity index (χ4v) is 2.40. The van der Waals surface area contributed by atoms with Gasteiger partial charge < -0.3 is 5.32 Å². The molecule has 110 valence electrons. The molecule has 0 bridgehead atoms. The van der Waals surface area contributed by atoms with E-state index in [1.807, 2.05) is 31.2 Å². The first-order valence-electron chi connectivity index (χ1n) is 6.44. The van der Waals surface area contributed by atoms with Crippen LogP contribution in [0, 0.1) is 11.6 Å². The Kier molecular flexibility index (Phi) is 5.07. The van der Waals surface area contributed by atoms with Gasteiger partial charge >= 0.3 is 0 Å².